The Kier molecular flexibility index (Phi) is 4.53. The minimum Gasteiger partial charge on any atom is -0.352 e. The van der Waals surface area contributed by atoms with Crippen LogP contribution in [-0.2, 0) is 11.3 Å². The second kappa shape index (κ2) is 6.15. The highest BCUT2D eigenvalue weighted by Gasteiger charge is 2.37. The molecule has 104 valence electrons. The summed E-state index contributed by atoms with van der Waals surface area (Å²) in [6.07, 6.45) is 2.78. The van der Waals surface area contributed by atoms with E-state index in [0.29, 0.717) is 6.54 Å². The van der Waals surface area contributed by atoms with Gasteiger partial charge in [0.1, 0.15) is 5.82 Å². The van der Waals surface area contributed by atoms with Gasteiger partial charge in [-0.3, -0.25) is 4.79 Å². The van der Waals surface area contributed by atoms with E-state index in [1.807, 2.05) is 6.07 Å². The van der Waals surface area contributed by atoms with E-state index in [1.54, 1.807) is 6.07 Å². The maximum Gasteiger partial charge on any atom is 0.227 e. The first-order chi connectivity index (χ1) is 9.16. The lowest BCUT2D eigenvalue weighted by Gasteiger charge is -2.35. The van der Waals surface area contributed by atoms with Gasteiger partial charge in [-0.15, -0.1) is 0 Å². The molecule has 1 aromatic carbocycles. The summed E-state index contributed by atoms with van der Waals surface area (Å²) in [5, 5.41) is 6.24. The highest BCUT2D eigenvalue weighted by atomic mass is 19.1. The molecule has 1 aromatic rings. The fourth-order valence-electron chi connectivity index (χ4n) is 2.64. The van der Waals surface area contributed by atoms with E-state index in [0.717, 1.165) is 37.9 Å². The Bertz CT molecular complexity index is 442. The monoisotopic (exact) mass is 264 g/mol. The van der Waals surface area contributed by atoms with Crippen LogP contribution in [0.1, 0.15) is 31.7 Å². The van der Waals surface area contributed by atoms with E-state index >= 15 is 0 Å². The lowest BCUT2D eigenvalue weighted by molar-refractivity contribution is -0.132. The van der Waals surface area contributed by atoms with Crippen molar-refractivity contribution < 1.29 is 9.18 Å². The van der Waals surface area contributed by atoms with Crippen LogP contribution in [0.4, 0.5) is 4.39 Å². The number of hydrogen-bond donors (Lipinski definition) is 2. The molecular weight excluding hydrogens is 243 g/mol. The number of carbonyl (C=O) groups excluding carboxylic acids is 1. The molecule has 1 fully saturated rings. The van der Waals surface area contributed by atoms with E-state index in [9.17, 15) is 9.18 Å². The Morgan fingerprint density at radius 1 is 1.53 bits per heavy atom. The third-order valence-electron chi connectivity index (χ3n) is 3.97. The molecule has 19 heavy (non-hydrogen) atoms. The number of benzene rings is 1. The second-order valence-electron chi connectivity index (χ2n) is 5.23. The van der Waals surface area contributed by atoms with E-state index < -0.39 is 0 Å². The zero-order valence-corrected chi connectivity index (χ0v) is 11.3. The predicted molar refractivity (Wildman–Crippen MR) is 73.1 cm³/mol. The van der Waals surface area contributed by atoms with E-state index in [4.69, 9.17) is 0 Å². The van der Waals surface area contributed by atoms with Crippen LogP contribution in [0, 0.1) is 11.2 Å². The molecule has 1 amide bonds. The van der Waals surface area contributed by atoms with Crippen LogP contribution in [0.3, 0.4) is 0 Å². The van der Waals surface area contributed by atoms with Crippen molar-refractivity contribution in [3.63, 3.8) is 0 Å². The van der Waals surface area contributed by atoms with Gasteiger partial charge >= 0.3 is 0 Å². The molecule has 1 aliphatic rings. The van der Waals surface area contributed by atoms with Crippen molar-refractivity contribution in [2.24, 2.45) is 5.41 Å². The molecule has 1 unspecified atom stereocenters. The van der Waals surface area contributed by atoms with Gasteiger partial charge in [0.25, 0.3) is 0 Å². The van der Waals surface area contributed by atoms with Gasteiger partial charge in [0, 0.05) is 13.1 Å². The first-order valence-electron chi connectivity index (χ1n) is 6.90. The fraction of sp³-hybridized carbons (Fsp3) is 0.533. The lowest BCUT2D eigenvalue weighted by atomic mass is 9.77. The summed E-state index contributed by atoms with van der Waals surface area (Å²) in [7, 11) is 0. The van der Waals surface area contributed by atoms with Crippen LogP contribution in [0.2, 0.25) is 0 Å². The largest absolute Gasteiger partial charge is 0.352 e. The molecule has 0 spiro atoms. The summed E-state index contributed by atoms with van der Waals surface area (Å²) < 4.78 is 13.1. The van der Waals surface area contributed by atoms with Gasteiger partial charge in [0.05, 0.1) is 5.41 Å². The first kappa shape index (κ1) is 14.0. The standard InChI is InChI=1S/C15H21FN2O/c1-2-15(7-4-8-17-11-15)14(19)18-10-12-5-3-6-13(16)9-12/h3,5-6,9,17H,2,4,7-8,10-11H2,1H3,(H,18,19). The van der Waals surface area contributed by atoms with Crippen LogP contribution in [0.15, 0.2) is 24.3 Å². The summed E-state index contributed by atoms with van der Waals surface area (Å²) in [4.78, 5) is 12.4. The fourth-order valence-corrected chi connectivity index (χ4v) is 2.64. The predicted octanol–water partition coefficient (Wildman–Crippen LogP) is 2.22. The highest BCUT2D eigenvalue weighted by molar-refractivity contribution is 5.83. The normalized spacial score (nSPS) is 23.1. The van der Waals surface area contributed by atoms with E-state index in [-0.39, 0.29) is 17.1 Å². The van der Waals surface area contributed by atoms with Gasteiger partial charge in [-0.2, -0.15) is 0 Å². The van der Waals surface area contributed by atoms with Gasteiger partial charge in [0.2, 0.25) is 5.91 Å². The topological polar surface area (TPSA) is 41.1 Å². The van der Waals surface area contributed by atoms with Crippen molar-refractivity contribution >= 4 is 5.91 Å². The molecule has 0 bridgehead atoms. The van der Waals surface area contributed by atoms with Crippen LogP contribution in [0.25, 0.3) is 0 Å². The Morgan fingerprint density at radius 2 is 2.37 bits per heavy atom. The second-order valence-corrected chi connectivity index (χ2v) is 5.23. The van der Waals surface area contributed by atoms with Gasteiger partial charge in [-0.25, -0.2) is 4.39 Å². The molecule has 2 N–H and O–H groups in total. The van der Waals surface area contributed by atoms with Crippen LogP contribution in [-0.4, -0.2) is 19.0 Å². The van der Waals surface area contributed by atoms with Crippen LogP contribution < -0.4 is 10.6 Å². The average Bonchev–Trinajstić information content (AvgIpc) is 2.45. The number of piperidine rings is 1. The summed E-state index contributed by atoms with van der Waals surface area (Å²) >= 11 is 0. The van der Waals surface area contributed by atoms with Gasteiger partial charge in [-0.05, 0) is 43.5 Å². The van der Waals surface area contributed by atoms with Crippen molar-refractivity contribution in [3.05, 3.63) is 35.6 Å². The highest BCUT2D eigenvalue weighted by Crippen LogP contribution is 2.30. The van der Waals surface area contributed by atoms with Crippen molar-refractivity contribution in [2.45, 2.75) is 32.7 Å². The maximum absolute atomic E-state index is 13.1. The molecular formula is C15H21FN2O. The number of rotatable bonds is 4. The number of amides is 1. The molecule has 0 saturated carbocycles. The summed E-state index contributed by atoms with van der Waals surface area (Å²) in [6, 6.07) is 6.34. The van der Waals surface area contributed by atoms with Gasteiger partial charge in [-0.1, -0.05) is 19.1 Å². The van der Waals surface area contributed by atoms with E-state index in [2.05, 4.69) is 17.6 Å². The van der Waals surface area contributed by atoms with Crippen molar-refractivity contribution in [1.82, 2.24) is 10.6 Å². The number of halogens is 1. The molecule has 1 heterocycles. The number of carbonyl (C=O) groups is 1. The van der Waals surface area contributed by atoms with Gasteiger partial charge in [0.15, 0.2) is 0 Å². The SMILES string of the molecule is CCC1(C(=O)NCc2cccc(F)c2)CCCNC1. The molecule has 1 atom stereocenters. The molecule has 0 aromatic heterocycles. The molecule has 4 heteroatoms. The minimum absolute atomic E-state index is 0.0754. The summed E-state index contributed by atoms with van der Waals surface area (Å²) in [5.74, 6) is -0.192. The van der Waals surface area contributed by atoms with Crippen LogP contribution in [0.5, 0.6) is 0 Å². The minimum atomic E-state index is -0.300. The quantitative estimate of drug-likeness (QED) is 0.875. The first-order valence-corrected chi connectivity index (χ1v) is 6.90. The molecule has 0 aliphatic carbocycles. The Morgan fingerprint density at radius 3 is 3.00 bits per heavy atom. The zero-order chi connectivity index (χ0) is 13.7. The van der Waals surface area contributed by atoms with Crippen LogP contribution >= 0.6 is 0 Å². The Labute approximate surface area is 113 Å². The molecule has 3 nitrogen and oxygen atoms in total. The maximum atomic E-state index is 13.1. The molecule has 0 radical (unpaired) electrons. The Hall–Kier alpha value is -1.42. The smallest absolute Gasteiger partial charge is 0.227 e. The summed E-state index contributed by atoms with van der Waals surface area (Å²) in [6.45, 7) is 4.16. The number of hydrogen-bond acceptors (Lipinski definition) is 2. The molecule has 1 aliphatic heterocycles. The van der Waals surface area contributed by atoms with Gasteiger partial charge < -0.3 is 10.6 Å². The van der Waals surface area contributed by atoms with E-state index in [1.165, 1.54) is 12.1 Å². The van der Waals surface area contributed by atoms with Crippen molar-refractivity contribution in [3.8, 4) is 0 Å². The third-order valence-corrected chi connectivity index (χ3v) is 3.97. The molecule has 1 saturated heterocycles. The van der Waals surface area contributed by atoms with Crippen molar-refractivity contribution in [1.29, 1.82) is 0 Å². The third kappa shape index (κ3) is 3.32. The Balaban J connectivity index is 1.96. The zero-order valence-electron chi connectivity index (χ0n) is 11.3. The van der Waals surface area contributed by atoms with Crippen molar-refractivity contribution in [2.75, 3.05) is 13.1 Å². The lowest BCUT2D eigenvalue weighted by Crippen LogP contribution is -2.50. The molecule has 2 rings (SSSR count). The summed E-state index contributed by atoms with van der Waals surface area (Å²) in [5.41, 5.74) is 0.495. The number of nitrogens with one attached hydrogen (secondary N) is 2. The average molecular weight is 264 g/mol.